The van der Waals surface area contributed by atoms with E-state index in [4.69, 9.17) is 0 Å². The van der Waals surface area contributed by atoms with E-state index in [0.29, 0.717) is 24.6 Å². The Morgan fingerprint density at radius 3 is 2.29 bits per heavy atom. The van der Waals surface area contributed by atoms with Gasteiger partial charge in [-0.3, -0.25) is 4.79 Å². The summed E-state index contributed by atoms with van der Waals surface area (Å²) in [6, 6.07) is 6.10. The molecule has 1 amide bonds. The Hall–Kier alpha value is -1.15. The lowest BCUT2D eigenvalue weighted by molar-refractivity contribution is 0.0963. The number of piperidine rings is 1. The van der Waals surface area contributed by atoms with E-state index < -0.39 is 10.0 Å². The van der Waals surface area contributed by atoms with Crippen LogP contribution in [-0.2, 0) is 10.0 Å². The second-order valence-electron chi connectivity index (χ2n) is 5.76. The summed E-state index contributed by atoms with van der Waals surface area (Å²) in [4.78, 5) is 11.8. The first-order valence-electron chi connectivity index (χ1n) is 8.02. The highest BCUT2D eigenvalue weighted by Gasteiger charge is 2.29. The second kappa shape index (κ2) is 9.36. The monoisotopic (exact) mass is 375 g/mol. The molecule has 2 N–H and O–H groups in total. The van der Waals surface area contributed by atoms with Gasteiger partial charge in [0.2, 0.25) is 10.0 Å². The topological polar surface area (TPSA) is 78.5 Å². The van der Waals surface area contributed by atoms with Gasteiger partial charge in [0, 0.05) is 25.7 Å². The number of nitrogens with one attached hydrogen (secondary N) is 2. The predicted molar refractivity (Wildman–Crippen MR) is 97.1 cm³/mol. The van der Waals surface area contributed by atoms with E-state index >= 15 is 0 Å². The fraction of sp³-hybridized carbons (Fsp3) is 0.562. The van der Waals surface area contributed by atoms with E-state index in [1.54, 1.807) is 23.5 Å². The van der Waals surface area contributed by atoms with E-state index in [1.165, 1.54) is 12.1 Å². The molecular weight excluding hydrogens is 350 g/mol. The van der Waals surface area contributed by atoms with Gasteiger partial charge in [-0.25, -0.2) is 8.42 Å². The minimum absolute atomic E-state index is 0. The largest absolute Gasteiger partial charge is 0.355 e. The molecule has 1 aromatic rings. The highest BCUT2D eigenvalue weighted by Crippen LogP contribution is 2.23. The van der Waals surface area contributed by atoms with Crippen LogP contribution in [0.1, 0.15) is 30.1 Å². The Balaban J connectivity index is 0.00000288. The van der Waals surface area contributed by atoms with Gasteiger partial charge in [-0.2, -0.15) is 4.31 Å². The SMILES string of the molecule is CCNCC1CCN(S(=O)(=O)c2ccc(C(=O)NC)cc2)CC1.Cl. The summed E-state index contributed by atoms with van der Waals surface area (Å²) in [5, 5.41) is 5.84. The summed E-state index contributed by atoms with van der Waals surface area (Å²) in [5.74, 6) is 0.315. The third kappa shape index (κ3) is 4.92. The van der Waals surface area contributed by atoms with Gasteiger partial charge < -0.3 is 10.6 Å². The van der Waals surface area contributed by atoms with Crippen molar-refractivity contribution in [3.8, 4) is 0 Å². The summed E-state index contributed by atoms with van der Waals surface area (Å²) in [6.07, 6.45) is 1.76. The molecule has 6 nitrogen and oxygen atoms in total. The minimum atomic E-state index is -3.47. The van der Waals surface area contributed by atoms with Crippen LogP contribution >= 0.6 is 12.4 Å². The molecule has 2 rings (SSSR count). The van der Waals surface area contributed by atoms with Crippen molar-refractivity contribution in [2.24, 2.45) is 5.92 Å². The second-order valence-corrected chi connectivity index (χ2v) is 7.70. The molecule has 1 heterocycles. The van der Waals surface area contributed by atoms with Crippen LogP contribution in [0.4, 0.5) is 0 Å². The van der Waals surface area contributed by atoms with Crippen LogP contribution < -0.4 is 10.6 Å². The third-order valence-electron chi connectivity index (χ3n) is 4.24. The normalized spacial score (nSPS) is 16.4. The van der Waals surface area contributed by atoms with Gasteiger partial charge in [-0.05, 0) is 56.1 Å². The van der Waals surface area contributed by atoms with Crippen LogP contribution in [-0.4, -0.2) is 51.9 Å². The molecule has 1 fully saturated rings. The molecule has 24 heavy (non-hydrogen) atoms. The zero-order valence-electron chi connectivity index (χ0n) is 14.1. The fourth-order valence-corrected chi connectivity index (χ4v) is 4.24. The molecule has 0 bridgehead atoms. The Labute approximate surface area is 150 Å². The molecule has 0 aromatic heterocycles. The van der Waals surface area contributed by atoms with Gasteiger partial charge in [-0.15, -0.1) is 12.4 Å². The van der Waals surface area contributed by atoms with E-state index in [-0.39, 0.29) is 23.2 Å². The van der Waals surface area contributed by atoms with E-state index in [0.717, 1.165) is 25.9 Å². The quantitative estimate of drug-likeness (QED) is 0.789. The molecule has 0 spiro atoms. The molecule has 136 valence electrons. The van der Waals surface area contributed by atoms with Crippen molar-refractivity contribution < 1.29 is 13.2 Å². The highest BCUT2D eigenvalue weighted by molar-refractivity contribution is 7.89. The molecule has 1 saturated heterocycles. The number of amides is 1. The number of carbonyl (C=O) groups excluding carboxylic acids is 1. The van der Waals surface area contributed by atoms with Crippen molar-refractivity contribution in [1.82, 2.24) is 14.9 Å². The summed E-state index contributed by atoms with van der Waals surface area (Å²) < 4.78 is 26.9. The first-order valence-corrected chi connectivity index (χ1v) is 9.46. The lowest BCUT2D eigenvalue weighted by atomic mass is 9.98. The summed E-state index contributed by atoms with van der Waals surface area (Å²) >= 11 is 0. The Morgan fingerprint density at radius 1 is 1.21 bits per heavy atom. The van der Waals surface area contributed by atoms with Crippen LogP contribution in [0.15, 0.2) is 29.2 Å². The Morgan fingerprint density at radius 2 is 1.79 bits per heavy atom. The summed E-state index contributed by atoms with van der Waals surface area (Å²) in [5.41, 5.74) is 0.454. The minimum Gasteiger partial charge on any atom is -0.355 e. The van der Waals surface area contributed by atoms with Crippen LogP contribution in [0, 0.1) is 5.92 Å². The smallest absolute Gasteiger partial charge is 0.251 e. The van der Waals surface area contributed by atoms with Gasteiger partial charge in [-0.1, -0.05) is 6.92 Å². The van der Waals surface area contributed by atoms with Crippen LogP contribution in [0.25, 0.3) is 0 Å². The molecule has 0 aliphatic carbocycles. The third-order valence-corrected chi connectivity index (χ3v) is 6.15. The number of nitrogens with zero attached hydrogens (tertiary/aromatic N) is 1. The first-order chi connectivity index (χ1) is 11.0. The van der Waals surface area contributed by atoms with Gasteiger partial charge in [0.1, 0.15) is 0 Å². The molecule has 0 radical (unpaired) electrons. The molecule has 1 aromatic carbocycles. The molecule has 0 unspecified atom stereocenters. The molecule has 0 saturated carbocycles. The molecule has 0 atom stereocenters. The fourth-order valence-electron chi connectivity index (χ4n) is 2.77. The van der Waals surface area contributed by atoms with Gasteiger partial charge in [0.25, 0.3) is 5.91 Å². The predicted octanol–water partition coefficient (Wildman–Crippen LogP) is 1.48. The Kier molecular flexibility index (Phi) is 8.15. The van der Waals surface area contributed by atoms with Crippen LogP contribution in [0.2, 0.25) is 0 Å². The van der Waals surface area contributed by atoms with Crippen molar-refractivity contribution in [2.75, 3.05) is 33.2 Å². The number of hydrogen-bond acceptors (Lipinski definition) is 4. The maximum Gasteiger partial charge on any atom is 0.251 e. The van der Waals surface area contributed by atoms with Crippen molar-refractivity contribution in [1.29, 1.82) is 0 Å². The lowest BCUT2D eigenvalue weighted by Crippen LogP contribution is -2.40. The number of halogens is 1. The summed E-state index contributed by atoms with van der Waals surface area (Å²) in [7, 11) is -1.93. The average molecular weight is 376 g/mol. The number of hydrogen-bond donors (Lipinski definition) is 2. The van der Waals surface area contributed by atoms with Gasteiger partial charge >= 0.3 is 0 Å². The maximum atomic E-state index is 12.7. The molecule has 1 aliphatic rings. The van der Waals surface area contributed by atoms with E-state index in [9.17, 15) is 13.2 Å². The first kappa shape index (κ1) is 20.9. The van der Waals surface area contributed by atoms with Crippen molar-refractivity contribution in [3.63, 3.8) is 0 Å². The molecular formula is C16H26ClN3O3S. The van der Waals surface area contributed by atoms with E-state index in [2.05, 4.69) is 17.6 Å². The number of benzene rings is 1. The van der Waals surface area contributed by atoms with Gasteiger partial charge in [0.05, 0.1) is 4.90 Å². The van der Waals surface area contributed by atoms with E-state index in [1.807, 2.05) is 0 Å². The number of sulfonamides is 1. The molecule has 1 aliphatic heterocycles. The van der Waals surface area contributed by atoms with Gasteiger partial charge in [0.15, 0.2) is 0 Å². The molecule has 8 heteroatoms. The number of carbonyl (C=O) groups is 1. The lowest BCUT2D eigenvalue weighted by Gasteiger charge is -2.31. The standard InChI is InChI=1S/C16H25N3O3S.ClH/c1-3-18-12-13-8-10-19(11-9-13)23(21,22)15-6-4-14(5-7-15)16(20)17-2;/h4-7,13,18H,3,8-12H2,1-2H3,(H,17,20);1H. The van der Waals surface area contributed by atoms with Crippen molar-refractivity contribution in [2.45, 2.75) is 24.7 Å². The van der Waals surface area contributed by atoms with Crippen LogP contribution in [0.3, 0.4) is 0 Å². The average Bonchev–Trinajstić information content (AvgIpc) is 2.59. The number of rotatable bonds is 6. The zero-order chi connectivity index (χ0) is 16.9. The van der Waals surface area contributed by atoms with Crippen molar-refractivity contribution >= 4 is 28.3 Å². The van der Waals surface area contributed by atoms with Crippen LogP contribution in [0.5, 0.6) is 0 Å². The van der Waals surface area contributed by atoms with Crippen molar-refractivity contribution in [3.05, 3.63) is 29.8 Å². The Bertz CT molecular complexity index is 626. The maximum absolute atomic E-state index is 12.7. The summed E-state index contributed by atoms with van der Waals surface area (Å²) in [6.45, 7) is 5.06. The zero-order valence-corrected chi connectivity index (χ0v) is 15.8. The highest BCUT2D eigenvalue weighted by atomic mass is 35.5.